The lowest BCUT2D eigenvalue weighted by Crippen LogP contribution is -2.27. The number of rotatable bonds is 22. The molecule has 2 aliphatic heterocycles. The van der Waals surface area contributed by atoms with E-state index in [4.69, 9.17) is 47.9 Å². The van der Waals surface area contributed by atoms with Crippen LogP contribution in [0, 0.1) is 58.2 Å². The van der Waals surface area contributed by atoms with Gasteiger partial charge in [0.25, 0.3) is 0 Å². The first-order valence-electron chi connectivity index (χ1n) is 32.0. The molecule has 0 amide bonds. The molecular formula is C72H60F10N6O16. The number of carbonyl (C=O) groups is 8. The topological polar surface area (TPSA) is 294 Å². The summed E-state index contributed by atoms with van der Waals surface area (Å²) < 4.78 is 204. The minimum atomic E-state index is -2.61. The van der Waals surface area contributed by atoms with Crippen molar-refractivity contribution in [2.24, 2.45) is 0 Å². The SMILES string of the molecule is CCOC(=O)C(C(=O)OCC)c1c2nc(c(-c3c(F)c(F)c(F)c(F)c3F)c3ccc([nH]3)c(C(C(=O)OCC)C(=O)OCC)c3cccc(n3)c(C(C(=O)OCC)C(=O)OCC)c3nc(c(-c4c(F)c(F)c(F)c(F)c4F)c4ccc([nH]4)c(C(C(=O)OCC)C(=O)OCC)c4cccc1n4)C=C3)C=C2. The number of hydrogen-bond donors (Lipinski definition) is 2. The van der Waals surface area contributed by atoms with Crippen LogP contribution in [0.1, 0.15) is 124 Å². The molecule has 0 atom stereocenters. The van der Waals surface area contributed by atoms with E-state index in [0.29, 0.717) is 0 Å². The third kappa shape index (κ3) is 14.8. The number of nitrogens with zero attached hydrogens (tertiary/aromatic N) is 4. The Bertz CT molecular complexity index is 4620. The number of esters is 8. The van der Waals surface area contributed by atoms with Crippen molar-refractivity contribution < 1.29 is 120 Å². The number of halogens is 10. The first-order chi connectivity index (χ1) is 49.8. The molecule has 5 aromatic heterocycles. The fourth-order valence-electron chi connectivity index (χ4n) is 11.5. The highest BCUT2D eigenvalue weighted by atomic mass is 19.2. The van der Waals surface area contributed by atoms with Gasteiger partial charge in [0.15, 0.2) is 70.2 Å². The minimum absolute atomic E-state index is 0.431. The largest absolute Gasteiger partial charge is 0.465 e. The Morgan fingerprint density at radius 3 is 0.740 bits per heavy atom. The number of aromatic nitrogens is 6. The highest BCUT2D eigenvalue weighted by molar-refractivity contribution is 6.09. The Balaban J connectivity index is 1.70. The maximum atomic E-state index is 16.9. The van der Waals surface area contributed by atoms with E-state index in [1.54, 1.807) is 0 Å². The number of benzene rings is 2. The van der Waals surface area contributed by atoms with Crippen molar-refractivity contribution in [2.45, 2.75) is 79.1 Å². The summed E-state index contributed by atoms with van der Waals surface area (Å²) in [5.41, 5.74) is -15.2. The van der Waals surface area contributed by atoms with Gasteiger partial charge >= 0.3 is 47.8 Å². The summed E-state index contributed by atoms with van der Waals surface area (Å²) in [6, 6.07) is 10.8. The molecule has 7 aromatic rings. The van der Waals surface area contributed by atoms with Crippen LogP contribution >= 0.6 is 0 Å². The Morgan fingerprint density at radius 1 is 0.279 bits per heavy atom. The zero-order chi connectivity index (χ0) is 75.7. The Labute approximate surface area is 582 Å². The van der Waals surface area contributed by atoms with Crippen LogP contribution in [0.2, 0.25) is 0 Å². The molecule has 7 heterocycles. The fraction of sp³-hybridized carbons (Fsp3) is 0.278. The second kappa shape index (κ2) is 32.9. The number of aromatic amines is 2. The zero-order valence-electron chi connectivity index (χ0n) is 56.1. The Kier molecular flexibility index (Phi) is 24.1. The molecule has 2 aromatic carbocycles. The monoisotopic (exact) mass is 1450 g/mol. The van der Waals surface area contributed by atoms with Gasteiger partial charge in [-0.1, -0.05) is 12.1 Å². The normalized spacial score (nSPS) is 11.7. The Hall–Kier alpha value is -11.9. The van der Waals surface area contributed by atoms with Crippen LogP contribution in [0.5, 0.6) is 0 Å². The van der Waals surface area contributed by atoms with Crippen LogP contribution in [0.25, 0.3) is 90.7 Å². The molecule has 0 saturated heterocycles. The second-order valence-electron chi connectivity index (χ2n) is 21.9. The van der Waals surface area contributed by atoms with Crippen molar-refractivity contribution >= 4 is 116 Å². The number of nitrogens with one attached hydrogen (secondary N) is 2. The van der Waals surface area contributed by atoms with Gasteiger partial charge < -0.3 is 47.9 Å². The third-order valence-corrected chi connectivity index (χ3v) is 15.7. The van der Waals surface area contributed by atoms with Crippen LogP contribution in [0.3, 0.4) is 0 Å². The number of carbonyl (C=O) groups excluding carboxylic acids is 8. The van der Waals surface area contributed by atoms with Crippen LogP contribution in [0.15, 0.2) is 60.7 Å². The summed E-state index contributed by atoms with van der Waals surface area (Å²) in [6.07, 6.45) is 3.83. The van der Waals surface area contributed by atoms with Crippen molar-refractivity contribution in [3.05, 3.63) is 164 Å². The molecule has 0 fully saturated rings. The average molecular weight is 1460 g/mol. The molecule has 0 saturated carbocycles. The van der Waals surface area contributed by atoms with Gasteiger partial charge in [-0.2, -0.15) is 0 Å². The summed E-state index contributed by atoms with van der Waals surface area (Å²) in [5, 5.41) is 0. The highest BCUT2D eigenvalue weighted by Crippen LogP contribution is 2.43. The van der Waals surface area contributed by atoms with Gasteiger partial charge in [0.05, 0.1) is 109 Å². The van der Waals surface area contributed by atoms with E-state index in [1.165, 1.54) is 55.4 Å². The molecule has 2 N–H and O–H groups in total. The van der Waals surface area contributed by atoms with Crippen LogP contribution in [-0.4, -0.2) is 131 Å². The zero-order valence-corrected chi connectivity index (χ0v) is 56.1. The van der Waals surface area contributed by atoms with Crippen LogP contribution < -0.4 is 0 Å². The van der Waals surface area contributed by atoms with Gasteiger partial charge in [0.2, 0.25) is 11.6 Å². The number of fused-ring (bicyclic) bond motifs is 12. The molecule has 12 bridgehead atoms. The minimum Gasteiger partial charge on any atom is -0.465 e. The molecule has 104 heavy (non-hydrogen) atoms. The van der Waals surface area contributed by atoms with E-state index >= 15 is 43.9 Å². The molecule has 9 rings (SSSR count). The third-order valence-electron chi connectivity index (χ3n) is 15.7. The van der Waals surface area contributed by atoms with E-state index in [1.807, 2.05) is 0 Å². The van der Waals surface area contributed by atoms with Crippen molar-refractivity contribution in [1.82, 2.24) is 29.9 Å². The average Bonchev–Trinajstić information content (AvgIpc) is 1.35. The quantitative estimate of drug-likeness (QED) is 0.0159. The van der Waals surface area contributed by atoms with Crippen molar-refractivity contribution in [1.29, 1.82) is 0 Å². The van der Waals surface area contributed by atoms with E-state index in [2.05, 4.69) is 19.9 Å². The van der Waals surface area contributed by atoms with Crippen molar-refractivity contribution in [2.75, 3.05) is 52.9 Å². The van der Waals surface area contributed by atoms with E-state index in [0.717, 1.165) is 85.0 Å². The summed E-state index contributed by atoms with van der Waals surface area (Å²) in [4.78, 5) is 140. The number of hydrogen-bond acceptors (Lipinski definition) is 20. The highest BCUT2D eigenvalue weighted by Gasteiger charge is 2.41. The van der Waals surface area contributed by atoms with Gasteiger partial charge in [-0.05, 0) is 128 Å². The summed E-state index contributed by atoms with van der Waals surface area (Å²) >= 11 is 0. The standard InChI is InChI=1S/C72H60F10N6O16/c1-9-97-65(89)51(66(90)98-10-2)45-31-19-17-20-32(83-31)46(52(67(91)99-11-3)68(92)100-12-4)40-28-25-37(87-40)44(50-57(75)61(79)64(82)62(80)58(50)76)38-26-30-42(88-38)48(54(71(95)103-15-7)72(96)104-16-8)34-22-18-21-33(84-34)47(53(69(93)101-13-5)70(94)102-14-6)41-29-24-36(86-41)43(35-23-27-39(45)85-35)49-55(73)59(77)63(81)60(78)56(49)74/h17-30,51-54,85,88H,9-16H2,1-8H3. The first kappa shape index (κ1) is 76.3. The predicted molar refractivity (Wildman–Crippen MR) is 350 cm³/mol. The van der Waals surface area contributed by atoms with Gasteiger partial charge in [0.1, 0.15) is 0 Å². The van der Waals surface area contributed by atoms with E-state index < -0.39 is 294 Å². The predicted octanol–water partition coefficient (Wildman–Crippen LogP) is 13.0. The van der Waals surface area contributed by atoms with Crippen molar-refractivity contribution in [3.8, 4) is 22.3 Å². The lowest BCUT2D eigenvalue weighted by atomic mass is 9.95. The van der Waals surface area contributed by atoms with E-state index in [-0.39, 0.29) is 0 Å². The molecule has 22 nitrogen and oxygen atoms in total. The molecule has 0 radical (unpaired) electrons. The van der Waals surface area contributed by atoms with Gasteiger partial charge in [-0.25, -0.2) is 63.8 Å². The van der Waals surface area contributed by atoms with E-state index in [9.17, 15) is 38.4 Å². The summed E-state index contributed by atoms with van der Waals surface area (Å²) in [5.74, 6) is -45.4. The fourth-order valence-corrected chi connectivity index (χ4v) is 11.5. The van der Waals surface area contributed by atoms with Gasteiger partial charge in [-0.15, -0.1) is 0 Å². The second-order valence-corrected chi connectivity index (χ2v) is 21.9. The van der Waals surface area contributed by atoms with Crippen molar-refractivity contribution in [3.63, 3.8) is 0 Å². The molecule has 32 heteroatoms. The summed E-state index contributed by atoms with van der Waals surface area (Å²) in [7, 11) is 0. The van der Waals surface area contributed by atoms with Crippen LogP contribution in [0.4, 0.5) is 43.9 Å². The molecule has 544 valence electrons. The number of pyridine rings is 2. The lowest BCUT2D eigenvalue weighted by molar-refractivity contribution is -0.158. The van der Waals surface area contributed by atoms with Gasteiger partial charge in [-0.3, -0.25) is 38.4 Å². The maximum absolute atomic E-state index is 16.9. The molecule has 2 aliphatic rings. The summed E-state index contributed by atoms with van der Waals surface area (Å²) in [6.45, 7) is 7.31. The maximum Gasteiger partial charge on any atom is 0.325 e. The molecule has 0 unspecified atom stereocenters. The number of H-pyrrole nitrogens is 2. The molecule has 0 spiro atoms. The Morgan fingerprint density at radius 2 is 0.490 bits per heavy atom. The van der Waals surface area contributed by atoms with Gasteiger partial charge in [0, 0.05) is 55.4 Å². The number of ether oxygens (including phenoxy) is 8. The lowest BCUT2D eigenvalue weighted by Gasteiger charge is -2.17. The smallest absolute Gasteiger partial charge is 0.325 e. The molecule has 0 aliphatic carbocycles. The van der Waals surface area contributed by atoms with Crippen LogP contribution in [-0.2, 0) is 76.3 Å². The first-order valence-corrected chi connectivity index (χ1v) is 32.0. The molecular weight excluding hydrogens is 1390 g/mol.